The third kappa shape index (κ3) is 3.91. The molecule has 0 aromatic carbocycles. The molecule has 0 radical (unpaired) electrons. The second-order valence-electron chi connectivity index (χ2n) is 4.76. The molecule has 0 fully saturated rings. The van der Waals surface area contributed by atoms with Crippen LogP contribution in [-0.4, -0.2) is 38.7 Å². The third-order valence-corrected chi connectivity index (χ3v) is 3.13. The van der Waals surface area contributed by atoms with Gasteiger partial charge in [-0.05, 0) is 36.4 Å². The minimum absolute atomic E-state index is 0.193. The Bertz CT molecular complexity index is 740. The van der Waals surface area contributed by atoms with E-state index in [-0.39, 0.29) is 5.91 Å². The number of hydrogen-bond donors (Lipinski definition) is 2. The molecule has 3 rings (SSSR count). The Morgan fingerprint density at radius 2 is 1.87 bits per heavy atom. The summed E-state index contributed by atoms with van der Waals surface area (Å²) in [5.41, 5.74) is 0.406. The van der Waals surface area contributed by atoms with Gasteiger partial charge in [-0.1, -0.05) is 6.07 Å². The zero-order chi connectivity index (χ0) is 15.9. The van der Waals surface area contributed by atoms with Crippen molar-refractivity contribution in [1.82, 2.24) is 25.1 Å². The van der Waals surface area contributed by atoms with E-state index in [9.17, 15) is 4.79 Å². The Hall–Kier alpha value is -3.22. The van der Waals surface area contributed by atoms with Crippen LogP contribution in [0.4, 0.5) is 5.82 Å². The monoisotopic (exact) mass is 308 g/mol. The van der Waals surface area contributed by atoms with Crippen molar-refractivity contribution in [3.8, 4) is 5.82 Å². The molecular weight excluding hydrogens is 292 g/mol. The average molecular weight is 308 g/mol. The number of carbonyl (C=O) groups is 1. The van der Waals surface area contributed by atoms with Gasteiger partial charge in [0, 0.05) is 31.7 Å². The number of rotatable bonds is 6. The lowest BCUT2D eigenvalue weighted by molar-refractivity contribution is 0.0950. The van der Waals surface area contributed by atoms with Gasteiger partial charge >= 0.3 is 0 Å². The lowest BCUT2D eigenvalue weighted by Crippen LogP contribution is -2.29. The minimum atomic E-state index is -0.193. The van der Waals surface area contributed by atoms with Crippen molar-refractivity contribution in [3.63, 3.8) is 0 Å². The zero-order valence-electron chi connectivity index (χ0n) is 12.4. The standard InChI is InChI=1S/C16H16N6O/c23-16(13-5-1-2-8-17-13)19-10-9-18-14-6-7-15(21-20-14)22-11-3-4-12-22/h1-8,11-12H,9-10H2,(H,18,20)(H,19,23). The normalized spacial score (nSPS) is 10.3. The first-order valence-electron chi connectivity index (χ1n) is 7.23. The molecule has 116 valence electrons. The second kappa shape index (κ2) is 7.17. The molecule has 3 aromatic rings. The topological polar surface area (TPSA) is 84.7 Å². The highest BCUT2D eigenvalue weighted by Crippen LogP contribution is 2.06. The third-order valence-electron chi connectivity index (χ3n) is 3.13. The van der Waals surface area contributed by atoms with Crippen LogP contribution in [-0.2, 0) is 0 Å². The van der Waals surface area contributed by atoms with E-state index in [4.69, 9.17) is 0 Å². The SMILES string of the molecule is O=C(NCCNc1ccc(-n2cccc2)nn1)c1ccccn1. The van der Waals surface area contributed by atoms with E-state index in [1.165, 1.54) is 0 Å². The van der Waals surface area contributed by atoms with Gasteiger partial charge in [-0.2, -0.15) is 0 Å². The van der Waals surface area contributed by atoms with Crippen LogP contribution in [0.25, 0.3) is 5.82 Å². The highest BCUT2D eigenvalue weighted by Gasteiger charge is 2.04. The van der Waals surface area contributed by atoms with Gasteiger partial charge in [0.2, 0.25) is 0 Å². The van der Waals surface area contributed by atoms with E-state index < -0.39 is 0 Å². The molecule has 0 saturated carbocycles. The van der Waals surface area contributed by atoms with E-state index >= 15 is 0 Å². The van der Waals surface area contributed by atoms with Crippen molar-refractivity contribution in [3.05, 3.63) is 66.7 Å². The number of pyridine rings is 1. The molecule has 0 spiro atoms. The highest BCUT2D eigenvalue weighted by atomic mass is 16.1. The maximum absolute atomic E-state index is 11.8. The summed E-state index contributed by atoms with van der Waals surface area (Å²) in [6, 6.07) is 12.8. The molecule has 7 heteroatoms. The summed E-state index contributed by atoms with van der Waals surface area (Å²) < 4.78 is 1.88. The summed E-state index contributed by atoms with van der Waals surface area (Å²) in [5.74, 6) is 1.22. The molecule has 3 heterocycles. The fourth-order valence-electron chi connectivity index (χ4n) is 2.00. The minimum Gasteiger partial charge on any atom is -0.367 e. The van der Waals surface area contributed by atoms with E-state index in [0.717, 1.165) is 5.82 Å². The van der Waals surface area contributed by atoms with Gasteiger partial charge in [0.15, 0.2) is 5.82 Å². The molecule has 0 saturated heterocycles. The van der Waals surface area contributed by atoms with Crippen LogP contribution in [0, 0.1) is 0 Å². The zero-order valence-corrected chi connectivity index (χ0v) is 12.4. The summed E-state index contributed by atoms with van der Waals surface area (Å²) in [5, 5.41) is 14.1. The van der Waals surface area contributed by atoms with Crippen molar-refractivity contribution >= 4 is 11.7 Å². The maximum Gasteiger partial charge on any atom is 0.269 e. The van der Waals surface area contributed by atoms with Crippen molar-refractivity contribution in [1.29, 1.82) is 0 Å². The van der Waals surface area contributed by atoms with Gasteiger partial charge in [0.1, 0.15) is 11.5 Å². The predicted molar refractivity (Wildman–Crippen MR) is 86.4 cm³/mol. The van der Waals surface area contributed by atoms with Gasteiger partial charge in [-0.15, -0.1) is 10.2 Å². The van der Waals surface area contributed by atoms with Crippen LogP contribution >= 0.6 is 0 Å². The predicted octanol–water partition coefficient (Wildman–Crippen LogP) is 1.50. The lowest BCUT2D eigenvalue weighted by Gasteiger charge is -2.07. The van der Waals surface area contributed by atoms with Crippen molar-refractivity contribution in [2.45, 2.75) is 0 Å². The van der Waals surface area contributed by atoms with E-state index in [1.807, 2.05) is 41.2 Å². The van der Waals surface area contributed by atoms with E-state index in [2.05, 4.69) is 25.8 Å². The molecule has 0 aliphatic carbocycles. The number of aromatic nitrogens is 4. The molecular formula is C16H16N6O. The summed E-state index contributed by atoms with van der Waals surface area (Å²) in [6.45, 7) is 1.02. The second-order valence-corrected chi connectivity index (χ2v) is 4.76. The summed E-state index contributed by atoms with van der Waals surface area (Å²) in [6.07, 6.45) is 5.41. The van der Waals surface area contributed by atoms with Gasteiger partial charge in [-0.3, -0.25) is 9.78 Å². The van der Waals surface area contributed by atoms with Crippen LogP contribution < -0.4 is 10.6 Å². The van der Waals surface area contributed by atoms with Crippen LogP contribution in [0.1, 0.15) is 10.5 Å². The molecule has 0 aliphatic rings. The van der Waals surface area contributed by atoms with Crippen LogP contribution in [0.15, 0.2) is 61.1 Å². The van der Waals surface area contributed by atoms with Crippen LogP contribution in [0.2, 0.25) is 0 Å². The molecule has 23 heavy (non-hydrogen) atoms. The first-order chi connectivity index (χ1) is 11.3. The molecule has 0 aliphatic heterocycles. The number of nitrogens with one attached hydrogen (secondary N) is 2. The van der Waals surface area contributed by atoms with Crippen molar-refractivity contribution < 1.29 is 4.79 Å². The maximum atomic E-state index is 11.8. The largest absolute Gasteiger partial charge is 0.367 e. The van der Waals surface area contributed by atoms with Gasteiger partial charge in [0.25, 0.3) is 5.91 Å². The Morgan fingerprint density at radius 1 is 1.00 bits per heavy atom. The van der Waals surface area contributed by atoms with Gasteiger partial charge in [0.05, 0.1) is 0 Å². The molecule has 1 amide bonds. The smallest absolute Gasteiger partial charge is 0.269 e. The van der Waals surface area contributed by atoms with E-state index in [0.29, 0.717) is 24.6 Å². The van der Waals surface area contributed by atoms with Crippen molar-refractivity contribution in [2.24, 2.45) is 0 Å². The quantitative estimate of drug-likeness (QED) is 0.674. The number of nitrogens with zero attached hydrogens (tertiary/aromatic N) is 4. The fraction of sp³-hybridized carbons (Fsp3) is 0.125. The van der Waals surface area contributed by atoms with Crippen LogP contribution in [0.3, 0.4) is 0 Å². The summed E-state index contributed by atoms with van der Waals surface area (Å²) >= 11 is 0. The lowest BCUT2D eigenvalue weighted by atomic mass is 10.3. The van der Waals surface area contributed by atoms with Crippen LogP contribution in [0.5, 0.6) is 0 Å². The highest BCUT2D eigenvalue weighted by molar-refractivity contribution is 5.92. The van der Waals surface area contributed by atoms with Crippen molar-refractivity contribution in [2.75, 3.05) is 18.4 Å². The van der Waals surface area contributed by atoms with Gasteiger partial charge < -0.3 is 15.2 Å². The summed E-state index contributed by atoms with van der Waals surface area (Å²) in [7, 11) is 0. The first kappa shape index (κ1) is 14.7. The number of hydrogen-bond acceptors (Lipinski definition) is 5. The van der Waals surface area contributed by atoms with Gasteiger partial charge in [-0.25, -0.2) is 0 Å². The fourth-order valence-corrected chi connectivity index (χ4v) is 2.00. The molecule has 3 aromatic heterocycles. The molecule has 7 nitrogen and oxygen atoms in total. The average Bonchev–Trinajstić information content (AvgIpc) is 3.14. The molecule has 0 atom stereocenters. The molecule has 2 N–H and O–H groups in total. The Morgan fingerprint density at radius 3 is 2.57 bits per heavy atom. The number of anilines is 1. The molecule has 0 bridgehead atoms. The summed E-state index contributed by atoms with van der Waals surface area (Å²) in [4.78, 5) is 15.8. The Labute approximate surface area is 133 Å². The first-order valence-corrected chi connectivity index (χ1v) is 7.23. The number of carbonyl (C=O) groups excluding carboxylic acids is 1. The number of amides is 1. The molecule has 0 unspecified atom stereocenters. The Balaban J connectivity index is 1.45. The Kier molecular flexibility index (Phi) is 4.58. The van der Waals surface area contributed by atoms with E-state index in [1.54, 1.807) is 24.4 Å².